The van der Waals surface area contributed by atoms with Gasteiger partial charge in [-0.1, -0.05) is 55.5 Å². The van der Waals surface area contributed by atoms with E-state index >= 15 is 0 Å². The molecule has 0 spiro atoms. The number of carbonyl (C=O) groups is 3. The summed E-state index contributed by atoms with van der Waals surface area (Å²) in [5.74, 6) is -1.15. The molecule has 0 radical (unpaired) electrons. The van der Waals surface area contributed by atoms with Crippen molar-refractivity contribution in [2.24, 2.45) is 5.92 Å². The molecule has 2 aromatic carbocycles. The molecule has 0 aliphatic heterocycles. The van der Waals surface area contributed by atoms with E-state index in [4.69, 9.17) is 9.84 Å². The van der Waals surface area contributed by atoms with Crippen LogP contribution in [0.1, 0.15) is 49.7 Å². The van der Waals surface area contributed by atoms with Gasteiger partial charge >= 0.3 is 12.1 Å². The Morgan fingerprint density at radius 3 is 2.22 bits per heavy atom. The van der Waals surface area contributed by atoms with Crippen LogP contribution in [0, 0.1) is 5.92 Å². The maximum absolute atomic E-state index is 12.6. The standard InChI is InChI=1S/C25H28N2O5/c1-16(14-22(28)29)10-13-26-23(30)25(11-12-25)27-24(31)32-15-21-19-8-4-2-6-17(19)18-7-3-5-9-20(18)21/h2-9,16,21H,10-15H2,1H3,(H,26,30)(H,27,31)(H,28,29). The van der Waals surface area contributed by atoms with Crippen molar-refractivity contribution in [2.75, 3.05) is 13.2 Å². The van der Waals surface area contributed by atoms with Crippen molar-refractivity contribution in [2.45, 2.75) is 44.1 Å². The van der Waals surface area contributed by atoms with Crippen LogP contribution in [-0.2, 0) is 14.3 Å². The third-order valence-electron chi connectivity index (χ3n) is 6.32. The molecule has 168 valence electrons. The molecule has 0 aromatic heterocycles. The molecule has 1 saturated carbocycles. The summed E-state index contributed by atoms with van der Waals surface area (Å²) >= 11 is 0. The number of benzene rings is 2. The van der Waals surface area contributed by atoms with Gasteiger partial charge in [0, 0.05) is 18.9 Å². The minimum absolute atomic E-state index is 0.0296. The van der Waals surface area contributed by atoms with Gasteiger partial charge in [0.05, 0.1) is 0 Å². The number of alkyl carbamates (subject to hydrolysis) is 1. The third kappa shape index (κ3) is 4.61. The molecule has 7 heteroatoms. The summed E-state index contributed by atoms with van der Waals surface area (Å²) in [5, 5.41) is 14.4. The number of amides is 2. The lowest BCUT2D eigenvalue weighted by Gasteiger charge is -2.19. The number of carboxylic acids is 1. The second-order valence-electron chi connectivity index (χ2n) is 8.78. The first-order valence-corrected chi connectivity index (χ1v) is 11.0. The summed E-state index contributed by atoms with van der Waals surface area (Å²) < 4.78 is 5.56. The summed E-state index contributed by atoms with van der Waals surface area (Å²) in [6, 6.07) is 16.2. The monoisotopic (exact) mass is 436 g/mol. The molecule has 1 unspecified atom stereocenters. The van der Waals surface area contributed by atoms with E-state index in [-0.39, 0.29) is 30.8 Å². The Morgan fingerprint density at radius 1 is 1.06 bits per heavy atom. The third-order valence-corrected chi connectivity index (χ3v) is 6.32. The Kier molecular flexibility index (Phi) is 6.17. The van der Waals surface area contributed by atoms with Crippen molar-refractivity contribution < 1.29 is 24.2 Å². The summed E-state index contributed by atoms with van der Waals surface area (Å²) in [7, 11) is 0. The summed E-state index contributed by atoms with van der Waals surface area (Å²) in [6.07, 6.45) is 1.17. The summed E-state index contributed by atoms with van der Waals surface area (Å²) in [6.45, 7) is 2.41. The fraction of sp³-hybridized carbons (Fsp3) is 0.400. The normalized spacial score (nSPS) is 16.4. The van der Waals surface area contributed by atoms with Crippen LogP contribution < -0.4 is 10.6 Å². The molecule has 0 heterocycles. The Bertz CT molecular complexity index is 985. The van der Waals surface area contributed by atoms with Gasteiger partial charge in [0.15, 0.2) is 0 Å². The minimum Gasteiger partial charge on any atom is -0.481 e. The molecule has 0 bridgehead atoms. The smallest absolute Gasteiger partial charge is 0.408 e. The average Bonchev–Trinajstić information content (AvgIpc) is 3.47. The number of carboxylic acid groups (broad SMARTS) is 1. The van der Waals surface area contributed by atoms with E-state index in [9.17, 15) is 14.4 Å². The van der Waals surface area contributed by atoms with Gasteiger partial charge in [0.25, 0.3) is 0 Å². The zero-order valence-corrected chi connectivity index (χ0v) is 18.1. The van der Waals surface area contributed by atoms with Crippen LogP contribution in [0.3, 0.4) is 0 Å². The minimum atomic E-state index is -0.918. The number of nitrogens with one attached hydrogen (secondary N) is 2. The maximum Gasteiger partial charge on any atom is 0.408 e. The molecule has 32 heavy (non-hydrogen) atoms. The highest BCUT2D eigenvalue weighted by Crippen LogP contribution is 2.44. The quantitative estimate of drug-likeness (QED) is 0.556. The van der Waals surface area contributed by atoms with E-state index in [2.05, 4.69) is 34.9 Å². The van der Waals surface area contributed by atoms with Crippen LogP contribution in [-0.4, -0.2) is 41.8 Å². The van der Waals surface area contributed by atoms with Crippen molar-refractivity contribution in [3.05, 3.63) is 59.7 Å². The Balaban J connectivity index is 1.30. The number of rotatable bonds is 9. The average molecular weight is 437 g/mol. The van der Waals surface area contributed by atoms with Gasteiger partial charge in [-0.15, -0.1) is 0 Å². The van der Waals surface area contributed by atoms with Crippen LogP contribution >= 0.6 is 0 Å². The fourth-order valence-corrected chi connectivity index (χ4v) is 4.37. The Morgan fingerprint density at radius 2 is 1.66 bits per heavy atom. The van der Waals surface area contributed by atoms with Gasteiger partial charge in [0.1, 0.15) is 12.1 Å². The molecular formula is C25H28N2O5. The van der Waals surface area contributed by atoms with Gasteiger partial charge in [-0.2, -0.15) is 0 Å². The van der Waals surface area contributed by atoms with Crippen molar-refractivity contribution in [3.63, 3.8) is 0 Å². The van der Waals surface area contributed by atoms with E-state index in [0.717, 1.165) is 22.3 Å². The lowest BCUT2D eigenvalue weighted by molar-refractivity contribution is -0.138. The van der Waals surface area contributed by atoms with Gasteiger partial charge in [-0.25, -0.2) is 4.79 Å². The molecular weight excluding hydrogens is 408 g/mol. The van der Waals surface area contributed by atoms with Crippen LogP contribution in [0.2, 0.25) is 0 Å². The Labute approximate surface area is 187 Å². The topological polar surface area (TPSA) is 105 Å². The molecule has 2 aliphatic carbocycles. The molecule has 2 aromatic rings. The van der Waals surface area contributed by atoms with E-state index in [1.165, 1.54) is 0 Å². The SMILES string of the molecule is CC(CCNC(=O)C1(NC(=O)OCC2c3ccccc3-c3ccccc32)CC1)CC(=O)O. The van der Waals surface area contributed by atoms with Gasteiger partial charge in [-0.3, -0.25) is 9.59 Å². The predicted octanol–water partition coefficient (Wildman–Crippen LogP) is 3.67. The second kappa shape index (κ2) is 9.02. The van der Waals surface area contributed by atoms with Crippen molar-refractivity contribution in [1.82, 2.24) is 10.6 Å². The van der Waals surface area contributed by atoms with E-state index in [0.29, 0.717) is 25.8 Å². The molecule has 1 fully saturated rings. The lowest BCUT2D eigenvalue weighted by atomic mass is 9.98. The lowest BCUT2D eigenvalue weighted by Crippen LogP contribution is -2.49. The molecule has 7 nitrogen and oxygen atoms in total. The zero-order valence-electron chi connectivity index (χ0n) is 18.1. The number of carbonyl (C=O) groups excluding carboxylic acids is 2. The molecule has 4 rings (SSSR count). The number of aliphatic carboxylic acids is 1. The highest BCUT2D eigenvalue weighted by atomic mass is 16.5. The fourth-order valence-electron chi connectivity index (χ4n) is 4.37. The van der Waals surface area contributed by atoms with E-state index < -0.39 is 17.6 Å². The first-order chi connectivity index (χ1) is 15.4. The van der Waals surface area contributed by atoms with Gasteiger partial charge in [0.2, 0.25) is 5.91 Å². The molecule has 0 saturated heterocycles. The van der Waals surface area contributed by atoms with Crippen LogP contribution in [0.5, 0.6) is 0 Å². The summed E-state index contributed by atoms with van der Waals surface area (Å²) in [5.41, 5.74) is 3.67. The molecule has 2 aliphatic rings. The summed E-state index contributed by atoms with van der Waals surface area (Å²) in [4.78, 5) is 35.8. The van der Waals surface area contributed by atoms with Gasteiger partial charge < -0.3 is 20.5 Å². The molecule has 2 amide bonds. The maximum atomic E-state index is 12.6. The highest BCUT2D eigenvalue weighted by molar-refractivity contribution is 5.92. The van der Waals surface area contributed by atoms with E-state index in [1.807, 2.05) is 31.2 Å². The van der Waals surface area contributed by atoms with Gasteiger partial charge in [-0.05, 0) is 47.4 Å². The second-order valence-corrected chi connectivity index (χ2v) is 8.78. The van der Waals surface area contributed by atoms with Crippen LogP contribution in [0.25, 0.3) is 11.1 Å². The van der Waals surface area contributed by atoms with Crippen molar-refractivity contribution in [1.29, 1.82) is 0 Å². The first kappa shape index (κ1) is 21.9. The van der Waals surface area contributed by atoms with Crippen molar-refractivity contribution in [3.8, 4) is 11.1 Å². The first-order valence-electron chi connectivity index (χ1n) is 11.0. The predicted molar refractivity (Wildman–Crippen MR) is 119 cm³/mol. The van der Waals surface area contributed by atoms with Crippen LogP contribution in [0.4, 0.5) is 4.79 Å². The van der Waals surface area contributed by atoms with E-state index in [1.54, 1.807) is 0 Å². The number of hydrogen-bond donors (Lipinski definition) is 3. The van der Waals surface area contributed by atoms with Crippen molar-refractivity contribution >= 4 is 18.0 Å². The molecule has 3 N–H and O–H groups in total. The number of fused-ring (bicyclic) bond motifs is 3. The number of hydrogen-bond acceptors (Lipinski definition) is 4. The molecule has 1 atom stereocenters. The number of ether oxygens (including phenoxy) is 1. The van der Waals surface area contributed by atoms with Crippen LogP contribution in [0.15, 0.2) is 48.5 Å². The largest absolute Gasteiger partial charge is 0.481 e. The highest BCUT2D eigenvalue weighted by Gasteiger charge is 2.51. The Hall–Kier alpha value is -3.35. The zero-order chi connectivity index (χ0) is 22.7.